The van der Waals surface area contributed by atoms with E-state index in [1.165, 1.54) is 55.0 Å². The lowest BCUT2D eigenvalue weighted by Gasteiger charge is -2.36. The van der Waals surface area contributed by atoms with Crippen LogP contribution >= 0.6 is 0 Å². The largest absolute Gasteiger partial charge is 0.497 e. The molecule has 3 heteroatoms. The molecule has 214 valence electrons. The average molecular weight is 571 g/mol. The molecule has 0 spiro atoms. The molecule has 2 unspecified atom stereocenters. The van der Waals surface area contributed by atoms with E-state index >= 15 is 0 Å². The van der Waals surface area contributed by atoms with Gasteiger partial charge in [-0.2, -0.15) is 0 Å². The van der Waals surface area contributed by atoms with Crippen molar-refractivity contribution in [3.05, 3.63) is 155 Å². The third-order valence-electron chi connectivity index (χ3n) is 9.00. The molecule has 8 rings (SSSR count). The normalized spacial score (nSPS) is 17.2. The predicted octanol–water partition coefficient (Wildman–Crippen LogP) is 10.1. The molecule has 44 heavy (non-hydrogen) atoms. The molecule has 2 aliphatic rings. The molecule has 6 aromatic rings. The first kappa shape index (κ1) is 26.5. The molecule has 1 fully saturated rings. The summed E-state index contributed by atoms with van der Waals surface area (Å²) < 4.78 is 5.46. The second-order valence-corrected chi connectivity index (χ2v) is 11.7. The van der Waals surface area contributed by atoms with Crippen LogP contribution in [0.1, 0.15) is 46.3 Å². The minimum atomic E-state index is 0.204. The summed E-state index contributed by atoms with van der Waals surface area (Å²) >= 11 is 0. The molecule has 0 amide bonds. The number of hydrogen-bond donors (Lipinski definition) is 1. The molecule has 0 aromatic heterocycles. The van der Waals surface area contributed by atoms with Gasteiger partial charge in [0.25, 0.3) is 0 Å². The number of methoxy groups -OCH3 is 1. The standard InChI is InChI=1S/C41H34N2O/c1-44-35-22-20-34(21-23-35)43(40-12-6-9-30-7-2-4-10-36(30)40)33-18-15-28(16-19-33)13-14-29-17-24-38-32(25-29)26-31-8-3-5-11-37(31)41(38)39-27-42-39/h2-11,13-26,39-40,42H,12,27H2,1H3/b14-13+. The molecule has 1 aliphatic carbocycles. The highest BCUT2D eigenvalue weighted by Crippen LogP contribution is 2.41. The van der Waals surface area contributed by atoms with Crippen molar-refractivity contribution >= 4 is 51.1 Å². The highest BCUT2D eigenvalue weighted by Gasteiger charge is 2.27. The van der Waals surface area contributed by atoms with E-state index in [4.69, 9.17) is 4.74 Å². The molecule has 0 radical (unpaired) electrons. The molecular weight excluding hydrogens is 536 g/mol. The fourth-order valence-electron chi connectivity index (χ4n) is 6.72. The summed E-state index contributed by atoms with van der Waals surface area (Å²) in [5.41, 5.74) is 8.76. The van der Waals surface area contributed by atoms with Crippen molar-refractivity contribution in [1.29, 1.82) is 0 Å². The Balaban J connectivity index is 1.11. The summed E-state index contributed by atoms with van der Waals surface area (Å²) in [4.78, 5) is 2.45. The fourth-order valence-corrected chi connectivity index (χ4v) is 6.72. The summed E-state index contributed by atoms with van der Waals surface area (Å²) in [5, 5.41) is 8.82. The van der Waals surface area contributed by atoms with E-state index in [9.17, 15) is 0 Å². The van der Waals surface area contributed by atoms with Gasteiger partial charge in [0.15, 0.2) is 0 Å². The van der Waals surface area contributed by atoms with Gasteiger partial charge in [0, 0.05) is 24.0 Å². The van der Waals surface area contributed by atoms with E-state index < -0.39 is 0 Å². The van der Waals surface area contributed by atoms with Crippen molar-refractivity contribution in [3.63, 3.8) is 0 Å². The van der Waals surface area contributed by atoms with Crippen LogP contribution < -0.4 is 15.0 Å². The molecule has 6 aromatic carbocycles. The molecule has 1 N–H and O–H groups in total. The highest BCUT2D eigenvalue weighted by atomic mass is 16.5. The van der Waals surface area contributed by atoms with Crippen molar-refractivity contribution in [2.75, 3.05) is 18.6 Å². The Kier molecular flexibility index (Phi) is 6.74. The van der Waals surface area contributed by atoms with Crippen molar-refractivity contribution < 1.29 is 4.74 Å². The Hall–Kier alpha value is -5.12. The van der Waals surface area contributed by atoms with E-state index in [0.717, 1.165) is 24.4 Å². The Morgan fingerprint density at radius 3 is 2.18 bits per heavy atom. The fraction of sp³-hybridized carbons (Fsp3) is 0.122. The van der Waals surface area contributed by atoms with E-state index in [1.807, 2.05) is 12.1 Å². The Morgan fingerprint density at radius 1 is 0.705 bits per heavy atom. The van der Waals surface area contributed by atoms with Crippen LogP contribution in [0.3, 0.4) is 0 Å². The van der Waals surface area contributed by atoms with Crippen LogP contribution in [0.25, 0.3) is 39.8 Å². The van der Waals surface area contributed by atoms with E-state index in [-0.39, 0.29) is 6.04 Å². The second kappa shape index (κ2) is 11.2. The third-order valence-corrected chi connectivity index (χ3v) is 9.00. The second-order valence-electron chi connectivity index (χ2n) is 11.7. The smallest absolute Gasteiger partial charge is 0.119 e. The van der Waals surface area contributed by atoms with Gasteiger partial charge in [-0.05, 0) is 104 Å². The average Bonchev–Trinajstić information content (AvgIpc) is 3.93. The van der Waals surface area contributed by atoms with Gasteiger partial charge in [0.2, 0.25) is 0 Å². The van der Waals surface area contributed by atoms with Crippen LogP contribution in [0.5, 0.6) is 5.75 Å². The number of hydrogen-bond acceptors (Lipinski definition) is 3. The summed E-state index contributed by atoms with van der Waals surface area (Å²) in [6.45, 7) is 1.06. The van der Waals surface area contributed by atoms with Crippen molar-refractivity contribution in [3.8, 4) is 5.75 Å². The molecule has 3 nitrogen and oxygen atoms in total. The minimum Gasteiger partial charge on any atom is -0.497 e. The van der Waals surface area contributed by atoms with Crippen molar-refractivity contribution in [2.24, 2.45) is 0 Å². The summed E-state index contributed by atoms with van der Waals surface area (Å²) in [6, 6.07) is 44.6. The first-order chi connectivity index (χ1) is 21.7. The monoisotopic (exact) mass is 570 g/mol. The molecule has 0 bridgehead atoms. The Morgan fingerprint density at radius 2 is 1.39 bits per heavy atom. The maximum atomic E-state index is 5.46. The van der Waals surface area contributed by atoms with Crippen LogP contribution in [-0.2, 0) is 0 Å². The van der Waals surface area contributed by atoms with Gasteiger partial charge in [-0.15, -0.1) is 0 Å². The quantitative estimate of drug-likeness (QED) is 0.118. The predicted molar refractivity (Wildman–Crippen MR) is 186 cm³/mol. The molecule has 2 atom stereocenters. The summed E-state index contributed by atoms with van der Waals surface area (Å²) in [5.74, 6) is 0.862. The first-order valence-electron chi connectivity index (χ1n) is 15.4. The number of rotatable bonds is 7. The zero-order valence-electron chi connectivity index (χ0n) is 24.8. The van der Waals surface area contributed by atoms with Gasteiger partial charge < -0.3 is 15.0 Å². The van der Waals surface area contributed by atoms with E-state index in [1.54, 1.807) is 7.11 Å². The van der Waals surface area contributed by atoms with Crippen molar-refractivity contribution in [2.45, 2.75) is 18.5 Å². The SMILES string of the molecule is COc1ccc(N(c2ccc(/C=C/c3ccc4c(C5CN5)c5ccccc5cc4c3)cc2)C2CC=Cc3ccccc32)cc1. The van der Waals surface area contributed by atoms with Crippen molar-refractivity contribution in [1.82, 2.24) is 5.32 Å². The van der Waals surface area contributed by atoms with Gasteiger partial charge in [0.1, 0.15) is 5.75 Å². The number of nitrogens with one attached hydrogen (secondary N) is 1. The lowest BCUT2D eigenvalue weighted by atomic mass is 9.91. The molecule has 0 saturated carbocycles. The van der Waals surface area contributed by atoms with Gasteiger partial charge >= 0.3 is 0 Å². The highest BCUT2D eigenvalue weighted by molar-refractivity contribution is 6.03. The van der Waals surface area contributed by atoms with E-state index in [0.29, 0.717) is 6.04 Å². The van der Waals surface area contributed by atoms with Crippen LogP contribution in [0, 0.1) is 0 Å². The summed E-state index contributed by atoms with van der Waals surface area (Å²) in [6.07, 6.45) is 9.91. The third kappa shape index (κ3) is 4.96. The van der Waals surface area contributed by atoms with Crippen LogP contribution in [0.15, 0.2) is 127 Å². The Labute approximate surface area is 258 Å². The number of anilines is 2. The zero-order chi connectivity index (χ0) is 29.5. The lowest BCUT2D eigenvalue weighted by molar-refractivity contribution is 0.415. The zero-order valence-corrected chi connectivity index (χ0v) is 24.8. The molecular formula is C41H34N2O. The minimum absolute atomic E-state index is 0.204. The Bertz CT molecular complexity index is 2040. The number of ether oxygens (including phenoxy) is 1. The first-order valence-corrected chi connectivity index (χ1v) is 15.4. The number of fused-ring (bicyclic) bond motifs is 3. The number of benzene rings is 6. The topological polar surface area (TPSA) is 34.4 Å². The van der Waals surface area contributed by atoms with Gasteiger partial charge in [-0.25, -0.2) is 0 Å². The van der Waals surface area contributed by atoms with E-state index in [2.05, 4.69) is 144 Å². The van der Waals surface area contributed by atoms with Gasteiger partial charge in [-0.1, -0.05) is 97.1 Å². The number of nitrogens with zero attached hydrogens (tertiary/aromatic N) is 1. The molecule has 1 heterocycles. The lowest BCUT2D eigenvalue weighted by Crippen LogP contribution is -2.25. The van der Waals surface area contributed by atoms with Crippen LogP contribution in [0.2, 0.25) is 0 Å². The van der Waals surface area contributed by atoms with Gasteiger partial charge in [0.05, 0.1) is 13.2 Å². The van der Waals surface area contributed by atoms with Crippen LogP contribution in [-0.4, -0.2) is 13.7 Å². The van der Waals surface area contributed by atoms with Crippen LogP contribution in [0.4, 0.5) is 11.4 Å². The maximum absolute atomic E-state index is 5.46. The molecule has 1 saturated heterocycles. The summed E-state index contributed by atoms with van der Waals surface area (Å²) in [7, 11) is 1.71. The molecule has 1 aliphatic heterocycles. The maximum Gasteiger partial charge on any atom is 0.119 e. The van der Waals surface area contributed by atoms with Gasteiger partial charge in [-0.3, -0.25) is 0 Å².